The molecule has 1 amide bonds. The van der Waals surface area contributed by atoms with Gasteiger partial charge in [0, 0.05) is 18.2 Å². The summed E-state index contributed by atoms with van der Waals surface area (Å²) in [7, 11) is 0. The highest BCUT2D eigenvalue weighted by Gasteiger charge is 2.34. The Hall–Kier alpha value is -4.01. The molecular formula is C29H33N5O4. The van der Waals surface area contributed by atoms with Crippen molar-refractivity contribution >= 4 is 28.8 Å². The fourth-order valence-electron chi connectivity index (χ4n) is 4.96. The van der Waals surface area contributed by atoms with E-state index in [1.54, 1.807) is 35.0 Å². The minimum atomic E-state index is -0.513. The van der Waals surface area contributed by atoms with Crippen LogP contribution in [-0.4, -0.2) is 44.3 Å². The zero-order valence-electron chi connectivity index (χ0n) is 22.3. The third-order valence-corrected chi connectivity index (χ3v) is 7.06. The van der Waals surface area contributed by atoms with E-state index in [2.05, 4.69) is 16.9 Å². The van der Waals surface area contributed by atoms with E-state index in [1.807, 2.05) is 44.2 Å². The number of anilines is 1. The minimum Gasteiger partial charge on any atom is -0.462 e. The van der Waals surface area contributed by atoms with Gasteiger partial charge in [0.1, 0.15) is 16.8 Å². The highest BCUT2D eigenvalue weighted by molar-refractivity contribution is 6.02. The van der Waals surface area contributed by atoms with Crippen molar-refractivity contribution in [1.82, 2.24) is 19.7 Å². The number of nitrogens with zero attached hydrogens (tertiary/aromatic N) is 5. The maximum atomic E-state index is 13.7. The van der Waals surface area contributed by atoms with Crippen LogP contribution in [0.25, 0.3) is 28.4 Å². The lowest BCUT2D eigenvalue weighted by Gasteiger charge is -2.32. The fourth-order valence-corrected chi connectivity index (χ4v) is 4.96. The summed E-state index contributed by atoms with van der Waals surface area (Å²) in [6.45, 7) is 8.08. The second-order valence-electron chi connectivity index (χ2n) is 10.2. The Kier molecular flexibility index (Phi) is 7.26. The van der Waals surface area contributed by atoms with E-state index in [4.69, 9.17) is 14.3 Å². The number of rotatable bonds is 7. The van der Waals surface area contributed by atoms with E-state index >= 15 is 0 Å². The van der Waals surface area contributed by atoms with E-state index in [-0.39, 0.29) is 30.0 Å². The fraction of sp³-hybridized carbons (Fsp3) is 0.414. The summed E-state index contributed by atoms with van der Waals surface area (Å²) in [6, 6.07) is 11.0. The Bertz CT molecular complexity index is 1400. The number of aromatic nitrogens is 4. The zero-order valence-corrected chi connectivity index (χ0v) is 22.3. The second-order valence-corrected chi connectivity index (χ2v) is 10.2. The largest absolute Gasteiger partial charge is 0.462 e. The third kappa shape index (κ3) is 5.05. The van der Waals surface area contributed by atoms with Crippen LogP contribution in [0.5, 0.6) is 0 Å². The van der Waals surface area contributed by atoms with Crippen molar-refractivity contribution in [1.29, 1.82) is 0 Å². The molecule has 0 bridgehead atoms. The van der Waals surface area contributed by atoms with Crippen molar-refractivity contribution < 1.29 is 18.7 Å². The number of para-hydroxylation sites is 2. The molecule has 0 N–H and O–H groups in total. The summed E-state index contributed by atoms with van der Waals surface area (Å²) >= 11 is 0. The monoisotopic (exact) mass is 515 g/mol. The predicted molar refractivity (Wildman–Crippen MR) is 144 cm³/mol. The predicted octanol–water partition coefficient (Wildman–Crippen LogP) is 5.82. The molecule has 1 aromatic carbocycles. The lowest BCUT2D eigenvalue weighted by atomic mass is 9.82. The van der Waals surface area contributed by atoms with E-state index in [0.29, 0.717) is 34.6 Å². The quantitative estimate of drug-likeness (QED) is 0.286. The molecule has 9 nitrogen and oxygen atoms in total. The topological polar surface area (TPSA) is 103 Å². The zero-order chi connectivity index (χ0) is 26.8. The highest BCUT2D eigenvalue weighted by atomic mass is 16.5. The van der Waals surface area contributed by atoms with Crippen LogP contribution < -0.4 is 4.90 Å². The van der Waals surface area contributed by atoms with E-state index in [1.165, 1.54) is 0 Å². The van der Waals surface area contributed by atoms with Crippen molar-refractivity contribution in [2.45, 2.75) is 59.4 Å². The van der Waals surface area contributed by atoms with Gasteiger partial charge in [0.25, 0.3) is 0 Å². The Balaban J connectivity index is 1.48. The van der Waals surface area contributed by atoms with Crippen molar-refractivity contribution in [2.24, 2.45) is 11.8 Å². The van der Waals surface area contributed by atoms with Gasteiger partial charge in [-0.05, 0) is 76.6 Å². The summed E-state index contributed by atoms with van der Waals surface area (Å²) in [5, 5.41) is 4.72. The number of fused-ring (bicyclic) bond motifs is 1. The maximum Gasteiger partial charge on any atom is 0.343 e. The maximum absolute atomic E-state index is 13.7. The van der Waals surface area contributed by atoms with Gasteiger partial charge in [-0.1, -0.05) is 19.1 Å². The van der Waals surface area contributed by atoms with Crippen molar-refractivity contribution in [3.63, 3.8) is 0 Å². The summed E-state index contributed by atoms with van der Waals surface area (Å²) in [5.41, 5.74) is 2.91. The summed E-state index contributed by atoms with van der Waals surface area (Å²) in [5.74, 6) is 0.777. The van der Waals surface area contributed by atoms with Crippen LogP contribution in [0.15, 0.2) is 53.2 Å². The molecule has 1 aliphatic carbocycles. The number of esters is 1. The van der Waals surface area contributed by atoms with Crippen LogP contribution in [0.3, 0.4) is 0 Å². The number of carbonyl (C=O) groups is 2. The molecular weight excluding hydrogens is 482 g/mol. The van der Waals surface area contributed by atoms with Crippen LogP contribution in [-0.2, 0) is 9.53 Å². The van der Waals surface area contributed by atoms with Crippen LogP contribution >= 0.6 is 0 Å². The van der Waals surface area contributed by atoms with Gasteiger partial charge >= 0.3 is 5.97 Å². The standard InChI is InChI=1S/C29H33N5O4/c1-5-37-29(36)22-17-33(32-26(22)34(18(2)3)28(35)20-12-10-19(4)11-13-20)21-14-15-24(30-16-21)27-31-23-8-6-7-9-25(23)38-27/h6-9,14-20H,5,10-13H2,1-4H3. The molecule has 0 saturated heterocycles. The summed E-state index contributed by atoms with van der Waals surface area (Å²) in [6.07, 6.45) is 6.99. The average Bonchev–Trinajstić information content (AvgIpc) is 3.54. The van der Waals surface area contributed by atoms with Crippen molar-refractivity contribution in [3.05, 3.63) is 54.4 Å². The first-order valence-electron chi connectivity index (χ1n) is 13.3. The normalized spacial score (nSPS) is 17.6. The Morgan fingerprint density at radius 3 is 2.55 bits per heavy atom. The highest BCUT2D eigenvalue weighted by Crippen LogP contribution is 2.33. The molecule has 1 fully saturated rings. The Morgan fingerprint density at radius 2 is 1.89 bits per heavy atom. The molecule has 0 aliphatic heterocycles. The van der Waals surface area contributed by atoms with Gasteiger partial charge < -0.3 is 9.15 Å². The molecule has 5 rings (SSSR count). The number of oxazole rings is 1. The Labute approximate surface area is 221 Å². The number of benzene rings is 1. The van der Waals surface area contributed by atoms with Gasteiger partial charge in [-0.15, -0.1) is 5.10 Å². The van der Waals surface area contributed by atoms with Gasteiger partial charge in [0.15, 0.2) is 11.4 Å². The number of amides is 1. The number of hydrogen-bond acceptors (Lipinski definition) is 7. The molecule has 198 valence electrons. The van der Waals surface area contributed by atoms with Crippen molar-refractivity contribution in [2.75, 3.05) is 11.5 Å². The minimum absolute atomic E-state index is 0.00660. The molecule has 38 heavy (non-hydrogen) atoms. The smallest absolute Gasteiger partial charge is 0.343 e. The van der Waals surface area contributed by atoms with E-state index in [9.17, 15) is 9.59 Å². The van der Waals surface area contributed by atoms with E-state index in [0.717, 1.165) is 31.2 Å². The lowest BCUT2D eigenvalue weighted by Crippen LogP contribution is -2.43. The first-order chi connectivity index (χ1) is 18.4. The lowest BCUT2D eigenvalue weighted by molar-refractivity contribution is -0.124. The van der Waals surface area contributed by atoms with E-state index < -0.39 is 5.97 Å². The molecule has 1 aliphatic rings. The number of carbonyl (C=O) groups excluding carboxylic acids is 2. The van der Waals surface area contributed by atoms with Gasteiger partial charge in [-0.25, -0.2) is 19.4 Å². The third-order valence-electron chi connectivity index (χ3n) is 7.06. The SMILES string of the molecule is CCOC(=O)c1cn(-c2ccc(-c3nc4ccccc4o3)nc2)nc1N(C(=O)C1CCC(C)CC1)C(C)C. The Morgan fingerprint density at radius 1 is 1.13 bits per heavy atom. The molecule has 3 aromatic heterocycles. The van der Waals surface area contributed by atoms with Crippen LogP contribution in [0.1, 0.15) is 63.7 Å². The van der Waals surface area contributed by atoms with Gasteiger partial charge in [0.05, 0.1) is 18.5 Å². The first-order valence-corrected chi connectivity index (χ1v) is 13.3. The number of ether oxygens (including phenoxy) is 1. The van der Waals surface area contributed by atoms with Crippen LogP contribution in [0, 0.1) is 11.8 Å². The molecule has 1 saturated carbocycles. The van der Waals surface area contributed by atoms with Crippen LogP contribution in [0.2, 0.25) is 0 Å². The molecule has 4 aromatic rings. The van der Waals surface area contributed by atoms with Gasteiger partial charge in [-0.3, -0.25) is 9.69 Å². The molecule has 0 radical (unpaired) electrons. The van der Waals surface area contributed by atoms with Crippen LogP contribution in [0.4, 0.5) is 5.82 Å². The number of hydrogen-bond donors (Lipinski definition) is 0. The molecule has 3 heterocycles. The van der Waals surface area contributed by atoms with Gasteiger partial charge in [0.2, 0.25) is 11.8 Å². The van der Waals surface area contributed by atoms with Gasteiger partial charge in [-0.2, -0.15) is 0 Å². The average molecular weight is 516 g/mol. The molecule has 0 atom stereocenters. The number of pyridine rings is 1. The second kappa shape index (κ2) is 10.8. The summed E-state index contributed by atoms with van der Waals surface area (Å²) in [4.78, 5) is 37.3. The molecule has 9 heteroatoms. The molecule has 0 spiro atoms. The molecule has 0 unspecified atom stereocenters. The van der Waals surface area contributed by atoms with Crippen molar-refractivity contribution in [3.8, 4) is 17.3 Å². The first kappa shape index (κ1) is 25.6. The summed E-state index contributed by atoms with van der Waals surface area (Å²) < 4.78 is 12.7.